The van der Waals surface area contributed by atoms with Gasteiger partial charge in [-0.15, -0.1) is 0 Å². The van der Waals surface area contributed by atoms with Crippen molar-refractivity contribution in [2.75, 3.05) is 0 Å². The quantitative estimate of drug-likeness (QED) is 0.689. The molecule has 1 aliphatic carbocycles. The van der Waals surface area contributed by atoms with Gasteiger partial charge in [-0.1, -0.05) is 12.2 Å². The fourth-order valence-corrected chi connectivity index (χ4v) is 2.31. The highest BCUT2D eigenvalue weighted by atomic mass is 19.2. The van der Waals surface area contributed by atoms with Crippen LogP contribution >= 0.6 is 0 Å². The predicted octanol–water partition coefficient (Wildman–Crippen LogP) is 3.60. The fourth-order valence-electron chi connectivity index (χ4n) is 2.31. The summed E-state index contributed by atoms with van der Waals surface area (Å²) in [5, 5.41) is 0. The van der Waals surface area contributed by atoms with Crippen LogP contribution in [0.5, 0.6) is 0 Å². The lowest BCUT2D eigenvalue weighted by atomic mass is 10.0. The summed E-state index contributed by atoms with van der Waals surface area (Å²) >= 11 is 0. The van der Waals surface area contributed by atoms with Crippen LogP contribution < -0.4 is 0 Å². The smallest absolute Gasteiger partial charge is 0.161 e. The Labute approximate surface area is 97.6 Å². The number of nitrogens with zero attached hydrogens (tertiary/aromatic N) is 2. The highest BCUT2D eigenvalue weighted by Gasteiger charge is 2.15. The van der Waals surface area contributed by atoms with Crippen LogP contribution in [0.4, 0.5) is 8.78 Å². The van der Waals surface area contributed by atoms with Crippen molar-refractivity contribution in [2.24, 2.45) is 0 Å². The van der Waals surface area contributed by atoms with E-state index in [1.165, 1.54) is 6.07 Å². The van der Waals surface area contributed by atoms with E-state index in [9.17, 15) is 8.78 Å². The molecule has 0 aliphatic heterocycles. The van der Waals surface area contributed by atoms with Gasteiger partial charge in [0.15, 0.2) is 11.6 Å². The average Bonchev–Trinajstić information content (AvgIpc) is 2.74. The first kappa shape index (κ1) is 10.4. The molecule has 1 atom stereocenters. The van der Waals surface area contributed by atoms with E-state index >= 15 is 0 Å². The second-order valence-corrected chi connectivity index (χ2v) is 4.33. The maximum atomic E-state index is 13.2. The maximum Gasteiger partial charge on any atom is 0.161 e. The molecule has 0 spiro atoms. The first-order valence-corrected chi connectivity index (χ1v) is 5.74. The molecule has 3 rings (SSSR count). The van der Waals surface area contributed by atoms with Crippen LogP contribution in [0, 0.1) is 11.6 Å². The summed E-state index contributed by atoms with van der Waals surface area (Å²) in [5.41, 5.74) is 1.16. The molecule has 1 aromatic carbocycles. The van der Waals surface area contributed by atoms with E-state index in [0.29, 0.717) is 11.0 Å². The van der Waals surface area contributed by atoms with Gasteiger partial charge < -0.3 is 4.57 Å². The Morgan fingerprint density at radius 2 is 2.06 bits per heavy atom. The zero-order valence-electron chi connectivity index (χ0n) is 9.24. The minimum Gasteiger partial charge on any atom is -0.323 e. The summed E-state index contributed by atoms with van der Waals surface area (Å²) in [7, 11) is 0. The third-order valence-corrected chi connectivity index (χ3v) is 3.20. The molecule has 1 unspecified atom stereocenters. The van der Waals surface area contributed by atoms with Crippen molar-refractivity contribution in [1.82, 2.24) is 9.55 Å². The summed E-state index contributed by atoms with van der Waals surface area (Å²) in [6.45, 7) is 0. The molecule has 88 valence electrons. The van der Waals surface area contributed by atoms with Crippen molar-refractivity contribution in [1.29, 1.82) is 0 Å². The highest BCUT2D eigenvalue weighted by Crippen LogP contribution is 2.27. The van der Waals surface area contributed by atoms with Crippen LogP contribution in [0.3, 0.4) is 0 Å². The average molecular weight is 234 g/mol. The molecular weight excluding hydrogens is 222 g/mol. The van der Waals surface area contributed by atoms with E-state index in [-0.39, 0.29) is 6.04 Å². The highest BCUT2D eigenvalue weighted by molar-refractivity contribution is 5.75. The first-order valence-electron chi connectivity index (χ1n) is 5.74. The third-order valence-electron chi connectivity index (χ3n) is 3.20. The van der Waals surface area contributed by atoms with Gasteiger partial charge >= 0.3 is 0 Å². The van der Waals surface area contributed by atoms with Gasteiger partial charge in [0.05, 0.1) is 23.4 Å². The van der Waals surface area contributed by atoms with Gasteiger partial charge in [0.2, 0.25) is 0 Å². The number of aromatic nitrogens is 2. The Morgan fingerprint density at radius 3 is 2.82 bits per heavy atom. The van der Waals surface area contributed by atoms with Crippen LogP contribution in [-0.4, -0.2) is 9.55 Å². The van der Waals surface area contributed by atoms with Crippen LogP contribution in [0.25, 0.3) is 11.0 Å². The molecule has 0 radical (unpaired) electrons. The summed E-state index contributed by atoms with van der Waals surface area (Å²) < 4.78 is 28.2. The van der Waals surface area contributed by atoms with E-state index in [2.05, 4.69) is 17.1 Å². The summed E-state index contributed by atoms with van der Waals surface area (Å²) in [6.07, 6.45) is 9.10. The number of allylic oxidation sites excluding steroid dienone is 2. The molecule has 0 N–H and O–H groups in total. The lowest BCUT2D eigenvalue weighted by Crippen LogP contribution is -2.07. The predicted molar refractivity (Wildman–Crippen MR) is 61.7 cm³/mol. The molecule has 2 nitrogen and oxygen atoms in total. The molecule has 2 aromatic rings. The van der Waals surface area contributed by atoms with Gasteiger partial charge in [-0.05, 0) is 19.3 Å². The maximum absolute atomic E-state index is 13.2. The number of hydrogen-bond acceptors (Lipinski definition) is 1. The Hall–Kier alpha value is -1.71. The summed E-state index contributed by atoms with van der Waals surface area (Å²) in [5.74, 6) is -1.67. The Balaban J connectivity index is 2.14. The molecule has 4 heteroatoms. The molecule has 1 heterocycles. The van der Waals surface area contributed by atoms with Crippen molar-refractivity contribution < 1.29 is 8.78 Å². The number of hydrogen-bond donors (Lipinski definition) is 0. The van der Waals surface area contributed by atoms with Gasteiger partial charge in [0.1, 0.15) is 0 Å². The summed E-state index contributed by atoms with van der Waals surface area (Å²) in [6, 6.07) is 2.58. The molecule has 17 heavy (non-hydrogen) atoms. The number of halogens is 2. The number of imidazole rings is 1. The van der Waals surface area contributed by atoms with Crippen molar-refractivity contribution in [3.8, 4) is 0 Å². The number of fused-ring (bicyclic) bond motifs is 1. The van der Waals surface area contributed by atoms with E-state index < -0.39 is 11.6 Å². The van der Waals surface area contributed by atoms with Gasteiger partial charge in [0.25, 0.3) is 0 Å². The topological polar surface area (TPSA) is 17.8 Å². The lowest BCUT2D eigenvalue weighted by molar-refractivity contribution is 0.506. The second-order valence-electron chi connectivity index (χ2n) is 4.33. The molecule has 0 bridgehead atoms. The Kier molecular flexibility index (Phi) is 2.42. The standard InChI is InChI=1S/C13H12F2N2/c14-10-6-12-13(7-11(10)15)17(8-16-12)9-4-2-1-3-5-9/h2,4,6-9H,1,3,5H2. The van der Waals surface area contributed by atoms with E-state index in [4.69, 9.17) is 0 Å². The Morgan fingerprint density at radius 1 is 1.24 bits per heavy atom. The van der Waals surface area contributed by atoms with Crippen LogP contribution in [0.15, 0.2) is 30.6 Å². The minimum atomic E-state index is -0.845. The van der Waals surface area contributed by atoms with Crippen molar-refractivity contribution >= 4 is 11.0 Å². The molecule has 1 aliphatic rings. The lowest BCUT2D eigenvalue weighted by Gasteiger charge is -2.18. The molecule has 0 amide bonds. The molecule has 0 fully saturated rings. The van der Waals surface area contributed by atoms with Crippen molar-refractivity contribution in [3.05, 3.63) is 42.2 Å². The first-order chi connectivity index (χ1) is 8.25. The van der Waals surface area contributed by atoms with Gasteiger partial charge in [-0.2, -0.15) is 0 Å². The molecule has 0 saturated carbocycles. The van der Waals surface area contributed by atoms with Gasteiger partial charge in [0, 0.05) is 12.1 Å². The molecular formula is C13H12F2N2. The van der Waals surface area contributed by atoms with Crippen LogP contribution in [0.1, 0.15) is 25.3 Å². The normalized spacial score (nSPS) is 20.0. The van der Waals surface area contributed by atoms with E-state index in [1.54, 1.807) is 6.33 Å². The van der Waals surface area contributed by atoms with E-state index in [1.807, 2.05) is 4.57 Å². The zero-order valence-corrected chi connectivity index (χ0v) is 9.24. The van der Waals surface area contributed by atoms with Gasteiger partial charge in [-0.25, -0.2) is 13.8 Å². The fraction of sp³-hybridized carbons (Fsp3) is 0.308. The molecule has 1 aromatic heterocycles. The van der Waals surface area contributed by atoms with Crippen molar-refractivity contribution in [2.45, 2.75) is 25.3 Å². The second kappa shape index (κ2) is 3.95. The molecule has 0 saturated heterocycles. The Bertz CT molecular complexity index is 586. The largest absolute Gasteiger partial charge is 0.323 e. The third kappa shape index (κ3) is 1.73. The zero-order chi connectivity index (χ0) is 11.8. The van der Waals surface area contributed by atoms with Crippen LogP contribution in [0.2, 0.25) is 0 Å². The van der Waals surface area contributed by atoms with E-state index in [0.717, 1.165) is 25.3 Å². The number of rotatable bonds is 1. The summed E-state index contributed by atoms with van der Waals surface area (Å²) in [4.78, 5) is 4.12. The minimum absolute atomic E-state index is 0.207. The SMILES string of the molecule is Fc1cc2ncn(C3C=CCCC3)c2cc1F. The van der Waals surface area contributed by atoms with Crippen molar-refractivity contribution in [3.63, 3.8) is 0 Å². The number of benzene rings is 1. The van der Waals surface area contributed by atoms with Crippen LogP contribution in [-0.2, 0) is 0 Å². The van der Waals surface area contributed by atoms with Gasteiger partial charge in [-0.3, -0.25) is 0 Å². The monoisotopic (exact) mass is 234 g/mol.